The number of nitrogen functional groups attached to an aromatic ring is 1. The zero-order valence-corrected chi connectivity index (χ0v) is 16.3. The van der Waals surface area contributed by atoms with Crippen LogP contribution < -0.4 is 5.73 Å². The molecule has 1 unspecified atom stereocenters. The summed E-state index contributed by atoms with van der Waals surface area (Å²) in [5.74, 6) is 0.719. The van der Waals surface area contributed by atoms with Gasteiger partial charge in [0, 0.05) is 13.2 Å². The van der Waals surface area contributed by atoms with Crippen molar-refractivity contribution in [3.05, 3.63) is 24.7 Å². The molecule has 28 heavy (non-hydrogen) atoms. The third-order valence-corrected chi connectivity index (χ3v) is 6.46. The van der Waals surface area contributed by atoms with E-state index in [2.05, 4.69) is 15.0 Å². The van der Waals surface area contributed by atoms with Crippen LogP contribution in [0.1, 0.15) is 6.23 Å². The lowest BCUT2D eigenvalue weighted by molar-refractivity contribution is -0.0588. The van der Waals surface area contributed by atoms with Crippen LogP contribution in [0.2, 0.25) is 0 Å². The largest absolute Gasteiger partial charge is 0.386 e. The molecule has 0 spiro atoms. The number of rotatable bonds is 2. The Bertz CT molecular complexity index is 1120. The van der Waals surface area contributed by atoms with E-state index in [0.717, 1.165) is 5.69 Å². The Morgan fingerprint density at radius 2 is 2.21 bits per heavy atom. The van der Waals surface area contributed by atoms with Crippen LogP contribution in [0.25, 0.3) is 22.7 Å². The zero-order valence-electron chi connectivity index (χ0n) is 14.6. The molecule has 2 saturated heterocycles. The van der Waals surface area contributed by atoms with Crippen LogP contribution in [-0.2, 0) is 32.6 Å². The Morgan fingerprint density at radius 1 is 1.39 bits per heavy atom. The average molecular weight is 424 g/mol. The second-order valence-electron chi connectivity index (χ2n) is 6.63. The molecule has 0 aliphatic carbocycles. The standard InChI is InChI=1S/C15H17N6O5PS/c1-20-4-2-3-7(20)13-19-9-12(16)17-6-18-14(9)21(13)15-10(22)11-8(25-15)5-24-27(23,28)26-11/h2-4,6,8,10-11,15,22H,5H2,1H3,(H,23,28)(H2,16,17,18)/t8-,10-,11-,15-,27?/m1/s1. The number of ether oxygens (including phenoxy) is 1. The molecule has 4 N–H and O–H groups in total. The van der Waals surface area contributed by atoms with Crippen molar-refractivity contribution in [3.63, 3.8) is 0 Å². The molecule has 3 aromatic heterocycles. The normalized spacial score (nSPS) is 32.7. The van der Waals surface area contributed by atoms with E-state index in [0.29, 0.717) is 17.0 Å². The number of fused-ring (bicyclic) bond motifs is 2. The highest BCUT2D eigenvalue weighted by Gasteiger charge is 2.52. The highest BCUT2D eigenvalue weighted by Crippen LogP contribution is 2.53. The number of aromatic nitrogens is 5. The number of anilines is 1. The van der Waals surface area contributed by atoms with E-state index < -0.39 is 31.3 Å². The highest BCUT2D eigenvalue weighted by atomic mass is 32.5. The lowest BCUT2D eigenvalue weighted by Crippen LogP contribution is -2.39. The van der Waals surface area contributed by atoms with Crippen molar-refractivity contribution in [1.82, 2.24) is 24.1 Å². The predicted octanol–water partition coefficient (Wildman–Crippen LogP) is 0.305. The van der Waals surface area contributed by atoms with Gasteiger partial charge in [0.15, 0.2) is 29.0 Å². The molecule has 0 aromatic carbocycles. The first-order valence-electron chi connectivity index (χ1n) is 8.45. The molecule has 0 bridgehead atoms. The predicted molar refractivity (Wildman–Crippen MR) is 101 cm³/mol. The Morgan fingerprint density at radius 3 is 2.96 bits per heavy atom. The van der Waals surface area contributed by atoms with Gasteiger partial charge < -0.3 is 29.6 Å². The maximum absolute atomic E-state index is 10.9. The van der Waals surface area contributed by atoms with E-state index in [-0.39, 0.29) is 12.4 Å². The lowest BCUT2D eigenvalue weighted by atomic mass is 10.1. The van der Waals surface area contributed by atoms with Gasteiger partial charge in [0.05, 0.1) is 12.3 Å². The number of imidazole rings is 1. The number of nitrogens with two attached hydrogens (primary N) is 1. The Hall–Kier alpha value is -1.92. The number of aryl methyl sites for hydroxylation is 1. The minimum absolute atomic E-state index is 0.0231. The molecule has 0 saturated carbocycles. The molecule has 11 nitrogen and oxygen atoms in total. The molecule has 3 aromatic rings. The van der Waals surface area contributed by atoms with Gasteiger partial charge in [0.2, 0.25) is 0 Å². The first-order valence-corrected chi connectivity index (χ1v) is 11.0. The Kier molecular flexibility index (Phi) is 4.07. The van der Waals surface area contributed by atoms with Gasteiger partial charge in [-0.1, -0.05) is 0 Å². The molecule has 148 valence electrons. The van der Waals surface area contributed by atoms with Crippen molar-refractivity contribution in [1.29, 1.82) is 0 Å². The fraction of sp³-hybridized carbons (Fsp3) is 0.400. The van der Waals surface area contributed by atoms with Gasteiger partial charge in [-0.25, -0.2) is 15.0 Å². The highest BCUT2D eigenvalue weighted by molar-refractivity contribution is 8.07. The van der Waals surface area contributed by atoms with Crippen LogP contribution in [0.15, 0.2) is 24.7 Å². The Labute approximate surface area is 163 Å². The average Bonchev–Trinajstić information content (AvgIpc) is 3.31. The van der Waals surface area contributed by atoms with Crippen molar-refractivity contribution >= 4 is 35.5 Å². The maximum Gasteiger partial charge on any atom is 0.325 e. The van der Waals surface area contributed by atoms with Crippen molar-refractivity contribution in [2.24, 2.45) is 7.05 Å². The molecule has 5 heterocycles. The van der Waals surface area contributed by atoms with Gasteiger partial charge in [-0.2, -0.15) is 0 Å². The molecular formula is C15H17N6O5PS. The summed E-state index contributed by atoms with van der Waals surface area (Å²) in [7, 11) is 1.87. The third kappa shape index (κ3) is 2.69. The lowest BCUT2D eigenvalue weighted by Gasteiger charge is -2.30. The first kappa shape index (κ1) is 18.1. The zero-order chi connectivity index (χ0) is 19.6. The molecule has 5 rings (SSSR count). The number of aliphatic hydroxyl groups excluding tert-OH is 1. The van der Waals surface area contributed by atoms with Gasteiger partial charge >= 0.3 is 6.72 Å². The molecular weight excluding hydrogens is 407 g/mol. The quantitative estimate of drug-likeness (QED) is 0.492. The molecule has 2 fully saturated rings. The molecule has 13 heteroatoms. The molecule has 2 aliphatic rings. The van der Waals surface area contributed by atoms with Crippen LogP contribution >= 0.6 is 6.72 Å². The van der Waals surface area contributed by atoms with Crippen LogP contribution in [0.5, 0.6) is 0 Å². The SMILES string of the molecule is Cn1cccc1-c1nc2c(N)ncnc2n1[C@@H]1O[C@@H]2COP(O)(=S)O[C@H]2[C@H]1O. The summed E-state index contributed by atoms with van der Waals surface area (Å²) in [4.78, 5) is 22.9. The summed E-state index contributed by atoms with van der Waals surface area (Å²) in [6, 6.07) is 3.75. The van der Waals surface area contributed by atoms with Gasteiger partial charge in [-0.3, -0.25) is 9.09 Å². The minimum atomic E-state index is -3.40. The molecule has 2 aliphatic heterocycles. The van der Waals surface area contributed by atoms with Crippen LogP contribution in [-0.4, -0.2) is 59.0 Å². The minimum Gasteiger partial charge on any atom is -0.386 e. The first-order chi connectivity index (χ1) is 13.4. The summed E-state index contributed by atoms with van der Waals surface area (Å²) >= 11 is 4.91. The summed E-state index contributed by atoms with van der Waals surface area (Å²) in [5, 5.41) is 10.9. The molecule has 5 atom stereocenters. The maximum atomic E-state index is 10.9. The summed E-state index contributed by atoms with van der Waals surface area (Å²) in [6.07, 6.45) is -0.245. The fourth-order valence-corrected chi connectivity index (χ4v) is 5.04. The van der Waals surface area contributed by atoms with Crippen molar-refractivity contribution in [3.8, 4) is 11.5 Å². The third-order valence-electron chi connectivity index (χ3n) is 4.90. The fourth-order valence-electron chi connectivity index (χ4n) is 3.59. The van der Waals surface area contributed by atoms with E-state index >= 15 is 0 Å². The number of aliphatic hydroxyl groups is 1. The van der Waals surface area contributed by atoms with Crippen LogP contribution in [0.4, 0.5) is 5.82 Å². The topological polar surface area (TPSA) is 143 Å². The van der Waals surface area contributed by atoms with E-state index in [4.69, 9.17) is 31.3 Å². The van der Waals surface area contributed by atoms with Gasteiger partial charge in [-0.05, 0) is 23.9 Å². The summed E-state index contributed by atoms with van der Waals surface area (Å²) in [6.45, 7) is -3.38. The van der Waals surface area contributed by atoms with Gasteiger partial charge in [0.1, 0.15) is 24.6 Å². The van der Waals surface area contributed by atoms with Gasteiger partial charge in [-0.15, -0.1) is 0 Å². The second kappa shape index (κ2) is 6.29. The smallest absolute Gasteiger partial charge is 0.325 e. The van der Waals surface area contributed by atoms with E-state index in [1.54, 1.807) is 4.57 Å². The summed E-state index contributed by atoms with van der Waals surface area (Å²) in [5.41, 5.74) is 7.57. The number of nitrogens with zero attached hydrogens (tertiary/aromatic N) is 5. The summed E-state index contributed by atoms with van der Waals surface area (Å²) < 4.78 is 20.1. The molecule has 0 amide bonds. The second-order valence-corrected chi connectivity index (χ2v) is 9.42. The number of hydrogen-bond acceptors (Lipinski definition) is 9. The monoisotopic (exact) mass is 424 g/mol. The van der Waals surface area contributed by atoms with E-state index in [9.17, 15) is 10.00 Å². The van der Waals surface area contributed by atoms with Crippen LogP contribution in [0, 0.1) is 0 Å². The van der Waals surface area contributed by atoms with Crippen LogP contribution in [0.3, 0.4) is 0 Å². The van der Waals surface area contributed by atoms with Crippen molar-refractivity contribution in [2.45, 2.75) is 24.5 Å². The molecule has 0 radical (unpaired) electrons. The van der Waals surface area contributed by atoms with Gasteiger partial charge in [0.25, 0.3) is 0 Å². The van der Waals surface area contributed by atoms with E-state index in [1.165, 1.54) is 6.33 Å². The van der Waals surface area contributed by atoms with Crippen molar-refractivity contribution < 1.29 is 23.8 Å². The van der Waals surface area contributed by atoms with E-state index in [1.807, 2.05) is 29.9 Å². The number of hydrogen-bond donors (Lipinski definition) is 3. The van der Waals surface area contributed by atoms with Crippen molar-refractivity contribution in [2.75, 3.05) is 12.3 Å². The Balaban J connectivity index is 1.68.